The van der Waals surface area contributed by atoms with E-state index in [0.29, 0.717) is 11.4 Å². The third kappa shape index (κ3) is 4.97. The Morgan fingerprint density at radius 3 is 2.80 bits per heavy atom. The second kappa shape index (κ2) is 8.97. The van der Waals surface area contributed by atoms with Crippen LogP contribution < -0.4 is 26.3 Å². The number of anilines is 1. The van der Waals surface area contributed by atoms with Crippen LogP contribution >= 0.6 is 23.1 Å². The summed E-state index contributed by atoms with van der Waals surface area (Å²) in [5.41, 5.74) is 8.11. The van der Waals surface area contributed by atoms with Crippen molar-refractivity contribution in [3.05, 3.63) is 70.6 Å². The van der Waals surface area contributed by atoms with Gasteiger partial charge < -0.3 is 10.5 Å². The van der Waals surface area contributed by atoms with Gasteiger partial charge in [0.05, 0.1) is 28.8 Å². The third-order valence-electron chi connectivity index (χ3n) is 4.03. The molecule has 2 aromatic carbocycles. The van der Waals surface area contributed by atoms with E-state index in [4.69, 9.17) is 10.5 Å². The molecule has 0 fully saturated rings. The number of ether oxygens (including phenoxy) is 1. The average molecular weight is 440 g/mol. The maximum Gasteiger partial charge on any atom is 0.325 e. The van der Waals surface area contributed by atoms with Crippen LogP contribution in [0.5, 0.6) is 5.75 Å². The Bertz CT molecular complexity index is 1220. The number of aromatic nitrogens is 3. The molecule has 2 heterocycles. The van der Waals surface area contributed by atoms with Crippen molar-refractivity contribution in [3.63, 3.8) is 0 Å². The van der Waals surface area contributed by atoms with E-state index in [-0.39, 0.29) is 17.5 Å². The smallest absolute Gasteiger partial charge is 0.325 e. The summed E-state index contributed by atoms with van der Waals surface area (Å²) in [4.78, 5) is 26.6. The lowest BCUT2D eigenvalue weighted by molar-refractivity contribution is -0.365. The van der Waals surface area contributed by atoms with Crippen LogP contribution in [0.2, 0.25) is 0 Å². The minimum atomic E-state index is -0.260. The van der Waals surface area contributed by atoms with Gasteiger partial charge in [-0.05, 0) is 36.4 Å². The highest BCUT2D eigenvalue weighted by molar-refractivity contribution is 8.00. The Morgan fingerprint density at radius 1 is 1.23 bits per heavy atom. The monoisotopic (exact) mass is 439 g/mol. The van der Waals surface area contributed by atoms with E-state index in [1.807, 2.05) is 48.5 Å². The van der Waals surface area contributed by atoms with E-state index in [9.17, 15) is 4.79 Å². The fourth-order valence-corrected chi connectivity index (χ4v) is 4.64. The van der Waals surface area contributed by atoms with Crippen molar-refractivity contribution in [3.8, 4) is 5.75 Å². The van der Waals surface area contributed by atoms with Gasteiger partial charge in [0.1, 0.15) is 11.4 Å². The summed E-state index contributed by atoms with van der Waals surface area (Å²) < 4.78 is 7.19. The number of nitrogens with zero attached hydrogens (tertiary/aromatic N) is 2. The molecule has 0 unspecified atom stereocenters. The number of guanidine groups is 1. The molecule has 0 bridgehead atoms. The third-order valence-corrected chi connectivity index (χ3v) is 6.25. The molecule has 2 aromatic heterocycles. The molecule has 4 rings (SSSR count). The van der Waals surface area contributed by atoms with E-state index in [1.165, 1.54) is 6.07 Å². The van der Waals surface area contributed by atoms with Crippen molar-refractivity contribution in [1.29, 1.82) is 0 Å². The van der Waals surface area contributed by atoms with Gasteiger partial charge >= 0.3 is 5.95 Å². The molecular weight excluding hydrogens is 420 g/mol. The predicted octanol–water partition coefficient (Wildman–Crippen LogP) is 1.82. The first-order valence-corrected chi connectivity index (χ1v) is 10.8. The van der Waals surface area contributed by atoms with Crippen LogP contribution in [0, 0.1) is 0 Å². The molecule has 152 valence electrons. The van der Waals surface area contributed by atoms with Crippen LogP contribution in [0.3, 0.4) is 0 Å². The standard InChI is InChI=1S/C20H18N6O2S2/c1-28-14-8-6-12(7-9-14)22-18(21)26-19-23-13(10-17(27)25-19)11-29-20-24-15-4-2-3-5-16(15)30-20/h2-10H,11H2,1H3,(H4,21,22,23,25,26,27)/p+1. The van der Waals surface area contributed by atoms with E-state index in [2.05, 4.69) is 25.3 Å². The van der Waals surface area contributed by atoms with Gasteiger partial charge in [0.25, 0.3) is 11.5 Å². The highest BCUT2D eigenvalue weighted by Crippen LogP contribution is 2.30. The summed E-state index contributed by atoms with van der Waals surface area (Å²) in [7, 11) is 1.61. The summed E-state index contributed by atoms with van der Waals surface area (Å²) in [6, 6.07) is 16.7. The molecule has 0 aliphatic carbocycles. The zero-order chi connectivity index (χ0) is 20.9. The summed E-state index contributed by atoms with van der Waals surface area (Å²) >= 11 is 3.16. The molecule has 0 aliphatic rings. The molecule has 0 amide bonds. The minimum absolute atomic E-state index is 0.235. The first-order valence-electron chi connectivity index (χ1n) is 8.98. The number of aromatic amines is 1. The zero-order valence-corrected chi connectivity index (χ0v) is 17.6. The summed E-state index contributed by atoms with van der Waals surface area (Å²) in [5, 5.41) is 3.01. The molecule has 8 nitrogen and oxygen atoms in total. The first-order chi connectivity index (χ1) is 14.6. The second-order valence-electron chi connectivity index (χ2n) is 6.21. The second-order valence-corrected chi connectivity index (χ2v) is 8.47. The highest BCUT2D eigenvalue weighted by Gasteiger charge is 2.10. The Labute approximate surface area is 180 Å². The lowest BCUT2D eigenvalue weighted by atomic mass is 10.3. The zero-order valence-electron chi connectivity index (χ0n) is 16.0. The maximum atomic E-state index is 12.0. The molecule has 0 aliphatic heterocycles. The van der Waals surface area contributed by atoms with Crippen LogP contribution in [0.15, 0.2) is 63.7 Å². The molecule has 30 heavy (non-hydrogen) atoms. The Kier molecular flexibility index (Phi) is 5.96. The SMILES string of the molecule is COc1ccc(NC(N)=[NH+]c2nc(CSc3nc4ccccc4s3)cc(=O)[nH]2)cc1. The molecular formula is C20H19N6O2S2+. The van der Waals surface area contributed by atoms with Gasteiger partial charge in [-0.15, -0.1) is 16.3 Å². The Hall–Kier alpha value is -3.37. The molecule has 4 aromatic rings. The number of nitrogens with one attached hydrogen (secondary N) is 3. The van der Waals surface area contributed by atoms with Gasteiger partial charge in [-0.3, -0.25) is 10.1 Å². The fourth-order valence-electron chi connectivity index (χ4n) is 2.68. The van der Waals surface area contributed by atoms with Crippen LogP contribution in [-0.4, -0.2) is 28.0 Å². The number of thiazole rings is 1. The number of benzene rings is 2. The maximum absolute atomic E-state index is 12.0. The van der Waals surface area contributed by atoms with Crippen LogP contribution in [-0.2, 0) is 5.75 Å². The van der Waals surface area contributed by atoms with Gasteiger partial charge in [0.2, 0.25) is 0 Å². The Balaban J connectivity index is 1.46. The summed E-state index contributed by atoms with van der Waals surface area (Å²) in [6.45, 7) is 0. The summed E-state index contributed by atoms with van der Waals surface area (Å²) in [5.74, 6) is 1.76. The van der Waals surface area contributed by atoms with Crippen molar-refractivity contribution >= 4 is 50.9 Å². The number of nitrogens with two attached hydrogens (primary N) is 1. The molecule has 0 atom stereocenters. The lowest BCUT2D eigenvalue weighted by Gasteiger charge is -2.03. The molecule has 10 heteroatoms. The summed E-state index contributed by atoms with van der Waals surface area (Å²) in [6.07, 6.45) is 0. The molecule has 0 saturated heterocycles. The van der Waals surface area contributed by atoms with Crippen LogP contribution in [0.1, 0.15) is 5.69 Å². The van der Waals surface area contributed by atoms with Gasteiger partial charge in [0.15, 0.2) is 4.34 Å². The largest absolute Gasteiger partial charge is 0.497 e. The van der Waals surface area contributed by atoms with Gasteiger partial charge in [0, 0.05) is 6.07 Å². The van der Waals surface area contributed by atoms with Crippen molar-refractivity contribution in [2.24, 2.45) is 5.73 Å². The van der Waals surface area contributed by atoms with Crippen LogP contribution in [0.4, 0.5) is 11.6 Å². The fraction of sp³-hybridized carbons (Fsp3) is 0.100. The van der Waals surface area contributed by atoms with Gasteiger partial charge in [-0.1, -0.05) is 23.9 Å². The number of fused-ring (bicyclic) bond motifs is 1. The number of thioether (sulfide) groups is 1. The molecule has 0 spiro atoms. The predicted molar refractivity (Wildman–Crippen MR) is 120 cm³/mol. The number of para-hydroxylation sites is 1. The van der Waals surface area contributed by atoms with Gasteiger partial charge in [-0.25, -0.2) is 15.0 Å². The topological polar surface area (TPSA) is 120 Å². The van der Waals surface area contributed by atoms with Crippen molar-refractivity contribution < 1.29 is 9.73 Å². The normalized spacial score (nSPS) is 11.6. The minimum Gasteiger partial charge on any atom is -0.497 e. The van der Waals surface area contributed by atoms with E-state index in [1.54, 1.807) is 30.2 Å². The molecule has 0 radical (unpaired) electrons. The number of hydrogen-bond acceptors (Lipinski definition) is 6. The molecule has 5 N–H and O–H groups in total. The Morgan fingerprint density at radius 2 is 2.03 bits per heavy atom. The van der Waals surface area contributed by atoms with Crippen molar-refractivity contribution in [2.75, 3.05) is 12.4 Å². The quantitative estimate of drug-likeness (QED) is 0.205. The van der Waals surface area contributed by atoms with Crippen molar-refractivity contribution in [2.45, 2.75) is 10.1 Å². The number of rotatable bonds is 6. The number of hydrogen-bond donors (Lipinski definition) is 4. The average Bonchev–Trinajstić information content (AvgIpc) is 3.15. The lowest BCUT2D eigenvalue weighted by Crippen LogP contribution is -2.73. The highest BCUT2D eigenvalue weighted by atomic mass is 32.2. The van der Waals surface area contributed by atoms with E-state index >= 15 is 0 Å². The van der Waals surface area contributed by atoms with E-state index < -0.39 is 0 Å². The number of methoxy groups -OCH3 is 1. The molecule has 0 saturated carbocycles. The number of H-pyrrole nitrogens is 1. The van der Waals surface area contributed by atoms with Gasteiger partial charge in [-0.2, -0.15) is 0 Å². The van der Waals surface area contributed by atoms with E-state index in [0.717, 1.165) is 26.0 Å². The van der Waals surface area contributed by atoms with Crippen LogP contribution in [0.25, 0.3) is 10.2 Å². The first kappa shape index (κ1) is 19.9. The van der Waals surface area contributed by atoms with Crippen molar-refractivity contribution in [1.82, 2.24) is 15.0 Å².